The van der Waals surface area contributed by atoms with Gasteiger partial charge in [0.25, 0.3) is 0 Å². The van der Waals surface area contributed by atoms with Gasteiger partial charge in [0.05, 0.1) is 39.1 Å². The number of rotatable bonds is 15. The Balaban J connectivity index is 1.32. The van der Waals surface area contributed by atoms with Gasteiger partial charge in [-0.1, -0.05) is 12.1 Å². The normalized spacial score (nSPS) is 38.9. The summed E-state index contributed by atoms with van der Waals surface area (Å²) >= 11 is 0. The average molecular weight is 889 g/mol. The Kier molecular flexibility index (Phi) is 15.6. The number of hydrogen-bond donors (Lipinski definition) is 13. The first-order valence-corrected chi connectivity index (χ1v) is 19.5. The number of benzene rings is 2. The van der Waals surface area contributed by atoms with E-state index >= 15 is 0 Å². The third-order valence-corrected chi connectivity index (χ3v) is 10.8. The zero-order chi connectivity index (χ0) is 45.0. The first-order chi connectivity index (χ1) is 29.4. The molecule has 0 aromatic heterocycles. The lowest BCUT2D eigenvalue weighted by Crippen LogP contribution is -2.66. The van der Waals surface area contributed by atoms with Crippen LogP contribution in [0.15, 0.2) is 42.5 Å². The highest BCUT2D eigenvalue weighted by Crippen LogP contribution is 2.35. The van der Waals surface area contributed by atoms with Crippen molar-refractivity contribution in [3.05, 3.63) is 53.6 Å². The standard InChI is InChI=1S/C39H52O23/c1-16-26(47)28(49)33(62-35-29(50)27(48)23(45)12-55-35)37(58-16)61-32-30(51)36(54-9-8-18-3-6-20(42)22(44)11-18)59-24(13-56-38-34(52)39(53,14-40)15-57-38)31(32)60-25(46)7-4-17-2-5-19(41)21(43)10-17/h2-7,10-11,16,23-24,26-38,40-45,47-53H,8-9,12-15H2,1H3/b7-4+/t16-,23-,24+,26-,27-,28+,29+,30+,31+,32+,33+,34-,35-,36+,37?,38+,39+/m0/s1. The van der Waals surface area contributed by atoms with E-state index < -0.39 is 154 Å². The highest BCUT2D eigenvalue weighted by Gasteiger charge is 2.55. The second kappa shape index (κ2) is 20.3. The predicted octanol–water partition coefficient (Wildman–Crippen LogP) is -4.09. The first kappa shape index (κ1) is 47.6. The first-order valence-electron chi connectivity index (χ1n) is 19.5. The minimum absolute atomic E-state index is 0.0818. The van der Waals surface area contributed by atoms with Crippen molar-refractivity contribution < 1.29 is 114 Å². The van der Waals surface area contributed by atoms with Gasteiger partial charge in [-0.3, -0.25) is 0 Å². The Morgan fingerprint density at radius 3 is 2.11 bits per heavy atom. The topological polar surface area (TPSA) is 363 Å². The summed E-state index contributed by atoms with van der Waals surface area (Å²) in [6.07, 6.45) is -25.0. The molecule has 346 valence electrons. The van der Waals surface area contributed by atoms with Gasteiger partial charge in [0.2, 0.25) is 0 Å². The maximum atomic E-state index is 13.5. The molecule has 23 heteroatoms. The van der Waals surface area contributed by atoms with Crippen LogP contribution >= 0.6 is 0 Å². The van der Waals surface area contributed by atoms with Crippen LogP contribution in [-0.2, 0) is 53.8 Å². The Morgan fingerprint density at radius 2 is 1.44 bits per heavy atom. The van der Waals surface area contributed by atoms with Gasteiger partial charge in [-0.05, 0) is 54.8 Å². The fraction of sp³-hybridized carbons (Fsp3) is 0.615. The van der Waals surface area contributed by atoms with Crippen LogP contribution in [0.5, 0.6) is 23.0 Å². The van der Waals surface area contributed by atoms with Crippen molar-refractivity contribution in [3.63, 3.8) is 0 Å². The summed E-state index contributed by atoms with van der Waals surface area (Å²) in [4.78, 5) is 13.5. The predicted molar refractivity (Wildman–Crippen MR) is 200 cm³/mol. The van der Waals surface area contributed by atoms with E-state index in [2.05, 4.69) is 0 Å². The molecule has 0 amide bonds. The van der Waals surface area contributed by atoms with Gasteiger partial charge in [0.15, 0.2) is 54.3 Å². The molecular formula is C39H52O23. The van der Waals surface area contributed by atoms with Crippen molar-refractivity contribution in [2.45, 2.75) is 117 Å². The average Bonchev–Trinajstić information content (AvgIpc) is 3.53. The SMILES string of the molecule is C[C@@H]1OC(O[C@@H]2[C@@H](O)[C@H](OCCc3ccc(O)c(O)c3)O[C@H](CO[C@@H]3OC[C@](O)(CO)[C@H]3O)[C@H]2OC(=O)/C=C/c2ccc(O)c(O)c2)[C@H](O[C@@H]2OC[C@H](O)[C@H](O)[C@H]2O)[C@H](O)[C@H]1O. The Bertz CT molecular complexity index is 1830. The van der Waals surface area contributed by atoms with E-state index in [0.717, 1.165) is 12.1 Å². The van der Waals surface area contributed by atoms with Crippen molar-refractivity contribution in [1.82, 2.24) is 0 Å². The molecule has 2 aromatic carbocycles. The lowest BCUT2D eigenvalue weighted by atomic mass is 9.96. The lowest BCUT2D eigenvalue weighted by Gasteiger charge is -2.48. The molecule has 0 spiro atoms. The Labute approximate surface area is 352 Å². The quantitative estimate of drug-likeness (QED) is 0.0459. The number of hydrogen-bond acceptors (Lipinski definition) is 23. The zero-order valence-corrected chi connectivity index (χ0v) is 33.0. The van der Waals surface area contributed by atoms with Crippen LogP contribution < -0.4 is 0 Å². The molecule has 1 unspecified atom stereocenters. The van der Waals surface area contributed by atoms with Gasteiger partial charge < -0.3 is 109 Å². The van der Waals surface area contributed by atoms with Crippen LogP contribution in [0.25, 0.3) is 6.08 Å². The molecule has 13 N–H and O–H groups in total. The van der Waals surface area contributed by atoms with E-state index in [1.165, 1.54) is 43.3 Å². The second-order valence-electron chi connectivity index (χ2n) is 15.3. The van der Waals surface area contributed by atoms with Crippen LogP contribution in [0.1, 0.15) is 18.1 Å². The van der Waals surface area contributed by atoms with E-state index in [1.54, 1.807) is 0 Å². The van der Waals surface area contributed by atoms with Crippen LogP contribution in [0.3, 0.4) is 0 Å². The smallest absolute Gasteiger partial charge is 0.331 e. The number of carbonyl (C=O) groups is 1. The van der Waals surface area contributed by atoms with Crippen LogP contribution in [0, 0.1) is 0 Å². The fourth-order valence-corrected chi connectivity index (χ4v) is 7.05. The molecule has 4 saturated heterocycles. The molecular weight excluding hydrogens is 836 g/mol. The molecule has 0 aliphatic carbocycles. The highest BCUT2D eigenvalue weighted by atomic mass is 16.8. The van der Waals surface area contributed by atoms with Gasteiger partial charge in [0.1, 0.15) is 66.6 Å². The van der Waals surface area contributed by atoms with Crippen molar-refractivity contribution in [1.29, 1.82) is 0 Å². The minimum Gasteiger partial charge on any atom is -0.504 e. The van der Waals surface area contributed by atoms with Crippen LogP contribution in [-0.4, -0.2) is 209 Å². The zero-order valence-electron chi connectivity index (χ0n) is 33.0. The van der Waals surface area contributed by atoms with E-state index in [-0.39, 0.29) is 24.3 Å². The molecule has 0 radical (unpaired) electrons. The summed E-state index contributed by atoms with van der Waals surface area (Å²) < 4.78 is 52.2. The van der Waals surface area contributed by atoms with Crippen molar-refractivity contribution in [2.24, 2.45) is 0 Å². The van der Waals surface area contributed by atoms with E-state index in [4.69, 9.17) is 42.6 Å². The summed E-state index contributed by atoms with van der Waals surface area (Å²) in [7, 11) is 0. The Hall–Kier alpha value is -3.83. The lowest BCUT2D eigenvalue weighted by molar-refractivity contribution is -0.382. The van der Waals surface area contributed by atoms with Gasteiger partial charge in [0, 0.05) is 6.08 Å². The molecule has 4 aliphatic heterocycles. The largest absolute Gasteiger partial charge is 0.504 e. The number of aliphatic hydroxyl groups is 9. The van der Waals surface area contributed by atoms with Crippen molar-refractivity contribution >= 4 is 12.0 Å². The molecule has 4 heterocycles. The minimum atomic E-state index is -2.10. The number of carbonyl (C=O) groups excluding carboxylic acids is 1. The number of aromatic hydroxyl groups is 4. The monoisotopic (exact) mass is 888 g/mol. The molecule has 4 aliphatic rings. The van der Waals surface area contributed by atoms with E-state index in [1.807, 2.05) is 0 Å². The maximum Gasteiger partial charge on any atom is 0.331 e. The maximum absolute atomic E-state index is 13.5. The number of phenols is 4. The van der Waals surface area contributed by atoms with Gasteiger partial charge in [-0.25, -0.2) is 4.79 Å². The summed E-state index contributed by atoms with van der Waals surface area (Å²) in [5, 5.41) is 135. The van der Waals surface area contributed by atoms with Crippen molar-refractivity contribution in [2.75, 3.05) is 33.0 Å². The summed E-state index contributed by atoms with van der Waals surface area (Å²) in [6, 6.07) is 7.70. The molecule has 6 rings (SSSR count). The van der Waals surface area contributed by atoms with Gasteiger partial charge >= 0.3 is 5.97 Å². The number of ether oxygens (including phenoxy) is 9. The molecule has 23 nitrogen and oxygen atoms in total. The molecule has 0 bridgehead atoms. The third-order valence-electron chi connectivity index (χ3n) is 10.8. The van der Waals surface area contributed by atoms with Gasteiger partial charge in [-0.2, -0.15) is 0 Å². The fourth-order valence-electron chi connectivity index (χ4n) is 7.05. The summed E-state index contributed by atoms with van der Waals surface area (Å²) in [5.74, 6) is -2.80. The Morgan fingerprint density at radius 1 is 0.742 bits per heavy atom. The third kappa shape index (κ3) is 10.7. The van der Waals surface area contributed by atoms with Gasteiger partial charge in [-0.15, -0.1) is 0 Å². The number of esters is 1. The van der Waals surface area contributed by atoms with Crippen LogP contribution in [0.2, 0.25) is 0 Å². The van der Waals surface area contributed by atoms with Crippen molar-refractivity contribution in [3.8, 4) is 23.0 Å². The summed E-state index contributed by atoms with van der Waals surface area (Å²) in [5.41, 5.74) is -1.37. The molecule has 4 fully saturated rings. The molecule has 0 saturated carbocycles. The molecule has 2 aromatic rings. The van der Waals surface area contributed by atoms with Crippen LogP contribution in [0.4, 0.5) is 0 Å². The molecule has 62 heavy (non-hydrogen) atoms. The van der Waals surface area contributed by atoms with E-state index in [0.29, 0.717) is 5.56 Å². The summed E-state index contributed by atoms with van der Waals surface area (Å²) in [6.45, 7) is -1.47. The molecule has 17 atom stereocenters. The highest BCUT2D eigenvalue weighted by molar-refractivity contribution is 5.87. The second-order valence-corrected chi connectivity index (χ2v) is 15.3. The number of phenolic OH excluding ortho intramolecular Hbond substituents is 4. The number of aliphatic hydroxyl groups excluding tert-OH is 8. The van der Waals surface area contributed by atoms with E-state index in [9.17, 15) is 71.2 Å².